The lowest BCUT2D eigenvalue weighted by atomic mass is 9.91. The number of hydrogen-bond donors (Lipinski definition) is 4. The number of carbonyl (C=O) groups excluding carboxylic acids is 1. The lowest BCUT2D eigenvalue weighted by Gasteiger charge is -2.42. The fourth-order valence-corrected chi connectivity index (χ4v) is 5.40. The molecule has 2 aromatic rings. The minimum absolute atomic E-state index is 0.0545. The summed E-state index contributed by atoms with van der Waals surface area (Å²) >= 11 is 0. The van der Waals surface area contributed by atoms with E-state index < -0.39 is 27.9 Å². The van der Waals surface area contributed by atoms with E-state index in [1.54, 1.807) is 12.1 Å². The number of piperidine rings is 1. The summed E-state index contributed by atoms with van der Waals surface area (Å²) in [5, 5.41) is 23.0. The SMILES string of the molecule is CCCCNC[C@]1(O)CCN(S(=O)(=O)c2ccc(OCc3ccc(F)cc3)cc2)[C@H](OC(=O)NO)C1. The topological polar surface area (TPSA) is 137 Å². The lowest BCUT2D eigenvalue weighted by Crippen LogP contribution is -2.57. The molecule has 1 aliphatic heterocycles. The molecule has 10 nitrogen and oxygen atoms in total. The van der Waals surface area contributed by atoms with Gasteiger partial charge in [-0.25, -0.2) is 23.1 Å². The molecule has 0 radical (unpaired) electrons. The number of nitrogens with zero attached hydrogens (tertiary/aromatic N) is 1. The third kappa shape index (κ3) is 7.37. The van der Waals surface area contributed by atoms with E-state index in [-0.39, 0.29) is 43.3 Å². The third-order valence-corrected chi connectivity index (χ3v) is 7.82. The largest absolute Gasteiger partial charge is 0.489 e. The molecule has 4 N–H and O–H groups in total. The first-order valence-electron chi connectivity index (χ1n) is 11.7. The van der Waals surface area contributed by atoms with Gasteiger partial charge in [-0.3, -0.25) is 5.21 Å². The Balaban J connectivity index is 1.71. The zero-order chi connectivity index (χ0) is 26.2. The highest BCUT2D eigenvalue weighted by Gasteiger charge is 2.45. The van der Waals surface area contributed by atoms with Crippen LogP contribution in [0.4, 0.5) is 9.18 Å². The normalized spacial score (nSPS) is 20.6. The van der Waals surface area contributed by atoms with E-state index in [1.807, 2.05) is 6.92 Å². The van der Waals surface area contributed by atoms with Gasteiger partial charge in [0.2, 0.25) is 10.0 Å². The second-order valence-electron chi connectivity index (χ2n) is 8.68. The van der Waals surface area contributed by atoms with Crippen LogP contribution in [0.3, 0.4) is 0 Å². The van der Waals surface area contributed by atoms with Gasteiger partial charge in [-0.1, -0.05) is 25.5 Å². The molecule has 1 fully saturated rings. The van der Waals surface area contributed by atoms with Gasteiger partial charge in [-0.05, 0) is 61.3 Å². The Bertz CT molecular complexity index is 1100. The van der Waals surface area contributed by atoms with Crippen LogP contribution >= 0.6 is 0 Å². The van der Waals surface area contributed by atoms with Crippen LogP contribution in [0, 0.1) is 5.82 Å². The van der Waals surface area contributed by atoms with Crippen molar-refractivity contribution in [3.05, 3.63) is 59.9 Å². The van der Waals surface area contributed by atoms with E-state index in [4.69, 9.17) is 14.7 Å². The van der Waals surface area contributed by atoms with Crippen molar-refractivity contribution in [1.82, 2.24) is 15.1 Å². The molecule has 1 saturated heterocycles. The van der Waals surface area contributed by atoms with Crippen LogP contribution in [0.15, 0.2) is 53.4 Å². The maximum Gasteiger partial charge on any atom is 0.432 e. The molecular formula is C24H32FN3O7S. The molecule has 1 heterocycles. The first kappa shape index (κ1) is 27.8. The number of amides is 1. The standard InChI is InChI=1S/C24H32FN3O7S/c1-2-3-13-26-17-24(30)12-14-28(22(15-24)35-23(29)27-31)36(32,33)21-10-8-20(9-11-21)34-16-18-4-6-19(25)7-5-18/h4-11,22,26,30-31H,2-3,12-17H2,1H3,(H,27,29)/t22-,24+/m1/s1. The van der Waals surface area contributed by atoms with E-state index >= 15 is 0 Å². The fourth-order valence-electron chi connectivity index (χ4n) is 3.89. The van der Waals surface area contributed by atoms with Crippen LogP contribution in [-0.4, -0.2) is 60.6 Å². The molecule has 2 atom stereocenters. The summed E-state index contributed by atoms with van der Waals surface area (Å²) in [6.45, 7) is 3.03. The van der Waals surface area contributed by atoms with Crippen molar-refractivity contribution in [3.63, 3.8) is 0 Å². The molecule has 2 aromatic carbocycles. The summed E-state index contributed by atoms with van der Waals surface area (Å²) < 4.78 is 51.5. The van der Waals surface area contributed by atoms with Gasteiger partial charge in [-0.2, -0.15) is 4.31 Å². The average molecular weight is 526 g/mol. The smallest absolute Gasteiger partial charge is 0.432 e. The van der Waals surface area contributed by atoms with Gasteiger partial charge in [0.05, 0.1) is 10.5 Å². The number of nitrogens with one attached hydrogen (secondary N) is 2. The molecule has 0 spiro atoms. The number of sulfonamides is 1. The number of unbranched alkanes of at least 4 members (excludes halogenated alkanes) is 1. The van der Waals surface area contributed by atoms with Crippen molar-refractivity contribution in [2.45, 2.75) is 55.9 Å². The minimum atomic E-state index is -4.12. The van der Waals surface area contributed by atoms with Crippen molar-refractivity contribution in [1.29, 1.82) is 0 Å². The number of halogens is 1. The zero-order valence-corrected chi connectivity index (χ0v) is 20.8. The molecule has 0 aromatic heterocycles. The van der Waals surface area contributed by atoms with Gasteiger partial charge in [0.1, 0.15) is 18.2 Å². The molecule has 1 aliphatic rings. The van der Waals surface area contributed by atoms with Crippen molar-refractivity contribution in [2.75, 3.05) is 19.6 Å². The van der Waals surface area contributed by atoms with Gasteiger partial charge in [0.25, 0.3) is 0 Å². The average Bonchev–Trinajstić information content (AvgIpc) is 2.86. The highest BCUT2D eigenvalue weighted by molar-refractivity contribution is 7.89. The molecule has 3 rings (SSSR count). The Morgan fingerprint density at radius 3 is 2.53 bits per heavy atom. The second-order valence-corrected chi connectivity index (χ2v) is 10.6. The molecule has 0 unspecified atom stereocenters. The summed E-state index contributed by atoms with van der Waals surface area (Å²) in [5.74, 6) is 0.0628. The molecule has 0 saturated carbocycles. The molecule has 36 heavy (non-hydrogen) atoms. The Morgan fingerprint density at radius 2 is 1.89 bits per heavy atom. The van der Waals surface area contributed by atoms with Crippen LogP contribution in [0.5, 0.6) is 5.75 Å². The van der Waals surface area contributed by atoms with Crippen molar-refractivity contribution < 1.29 is 37.4 Å². The summed E-state index contributed by atoms with van der Waals surface area (Å²) in [6, 6.07) is 11.5. The molecular weight excluding hydrogens is 493 g/mol. The minimum Gasteiger partial charge on any atom is -0.489 e. The summed E-state index contributed by atoms with van der Waals surface area (Å²) in [5.41, 5.74) is 0.789. The number of rotatable bonds is 11. The number of ether oxygens (including phenoxy) is 2. The predicted molar refractivity (Wildman–Crippen MR) is 128 cm³/mol. The zero-order valence-electron chi connectivity index (χ0n) is 20.0. The first-order valence-corrected chi connectivity index (χ1v) is 13.1. The Labute approximate surface area is 210 Å². The van der Waals surface area contributed by atoms with Crippen LogP contribution in [-0.2, 0) is 21.4 Å². The number of carbonyl (C=O) groups is 1. The van der Waals surface area contributed by atoms with Gasteiger partial charge >= 0.3 is 6.09 Å². The number of benzene rings is 2. The lowest BCUT2D eigenvalue weighted by molar-refractivity contribution is -0.0923. The van der Waals surface area contributed by atoms with E-state index in [0.717, 1.165) is 22.7 Å². The van der Waals surface area contributed by atoms with E-state index in [0.29, 0.717) is 12.3 Å². The van der Waals surface area contributed by atoms with Gasteiger partial charge in [-0.15, -0.1) is 0 Å². The van der Waals surface area contributed by atoms with Crippen molar-refractivity contribution >= 4 is 16.1 Å². The van der Waals surface area contributed by atoms with Gasteiger partial charge in [0, 0.05) is 19.5 Å². The number of hydrogen-bond acceptors (Lipinski definition) is 8. The summed E-state index contributed by atoms with van der Waals surface area (Å²) in [7, 11) is -4.12. The number of aliphatic hydroxyl groups is 1. The van der Waals surface area contributed by atoms with Crippen LogP contribution in [0.2, 0.25) is 0 Å². The third-order valence-electron chi connectivity index (χ3n) is 5.92. The first-order chi connectivity index (χ1) is 17.2. The van der Waals surface area contributed by atoms with Gasteiger partial charge in [0.15, 0.2) is 6.23 Å². The maximum absolute atomic E-state index is 13.4. The summed E-state index contributed by atoms with van der Waals surface area (Å²) in [6.07, 6.45) is -0.693. The fraction of sp³-hybridized carbons (Fsp3) is 0.458. The van der Waals surface area contributed by atoms with Crippen LogP contribution < -0.4 is 15.5 Å². The Morgan fingerprint density at radius 1 is 1.19 bits per heavy atom. The predicted octanol–water partition coefficient (Wildman–Crippen LogP) is 2.75. The Kier molecular flexibility index (Phi) is 9.63. The van der Waals surface area contributed by atoms with Crippen molar-refractivity contribution in [3.8, 4) is 5.75 Å². The summed E-state index contributed by atoms with van der Waals surface area (Å²) in [4.78, 5) is 11.7. The van der Waals surface area contributed by atoms with E-state index in [2.05, 4.69) is 5.32 Å². The van der Waals surface area contributed by atoms with Gasteiger partial charge < -0.3 is 19.9 Å². The number of hydroxylamine groups is 1. The molecule has 0 aliphatic carbocycles. The molecule has 1 amide bonds. The second kappa shape index (κ2) is 12.5. The Hall–Kier alpha value is -2.77. The maximum atomic E-state index is 13.4. The van der Waals surface area contributed by atoms with E-state index in [9.17, 15) is 22.7 Å². The monoisotopic (exact) mass is 525 g/mol. The molecule has 198 valence electrons. The highest BCUT2D eigenvalue weighted by Crippen LogP contribution is 2.32. The van der Waals surface area contributed by atoms with Crippen LogP contribution in [0.25, 0.3) is 0 Å². The molecule has 0 bridgehead atoms. The van der Waals surface area contributed by atoms with Crippen molar-refractivity contribution in [2.24, 2.45) is 0 Å². The van der Waals surface area contributed by atoms with Crippen LogP contribution in [0.1, 0.15) is 38.2 Å². The van der Waals surface area contributed by atoms with E-state index in [1.165, 1.54) is 41.9 Å². The molecule has 12 heteroatoms. The highest BCUT2D eigenvalue weighted by atomic mass is 32.2. The quantitative estimate of drug-likeness (QED) is 0.200.